The van der Waals surface area contributed by atoms with Gasteiger partial charge in [0.1, 0.15) is 19.0 Å². The standard InChI is InChI=1S/C29H22BrCl3N2O4/c1-37-27-13-18(12-23(30)28(27)39-17-19-6-2-4-8-24(19)32)15-34-35-29(36)22-7-3-5-9-26(22)38-16-20-10-11-21(31)14-25(20)33/h2-15H,16-17H2,1H3,(H,35,36)/b34-15+. The molecule has 4 rings (SSSR count). The van der Waals surface area contributed by atoms with E-state index in [0.29, 0.717) is 47.9 Å². The summed E-state index contributed by atoms with van der Waals surface area (Å²) < 4.78 is 18.0. The molecule has 200 valence electrons. The Bertz CT molecular complexity index is 1510. The van der Waals surface area contributed by atoms with E-state index in [-0.39, 0.29) is 13.2 Å². The number of benzene rings is 4. The van der Waals surface area contributed by atoms with Gasteiger partial charge in [-0.15, -0.1) is 0 Å². The van der Waals surface area contributed by atoms with E-state index < -0.39 is 5.91 Å². The fraction of sp³-hybridized carbons (Fsp3) is 0.103. The highest BCUT2D eigenvalue weighted by Gasteiger charge is 2.14. The molecule has 0 aromatic heterocycles. The lowest BCUT2D eigenvalue weighted by Crippen LogP contribution is -2.18. The number of amides is 1. The Hall–Kier alpha value is -3.23. The monoisotopic (exact) mass is 646 g/mol. The number of hydrogen-bond donors (Lipinski definition) is 1. The van der Waals surface area contributed by atoms with Crippen LogP contribution in [0.4, 0.5) is 0 Å². The van der Waals surface area contributed by atoms with Crippen LogP contribution in [-0.4, -0.2) is 19.2 Å². The van der Waals surface area contributed by atoms with Gasteiger partial charge in [-0.1, -0.05) is 71.2 Å². The van der Waals surface area contributed by atoms with Crippen molar-refractivity contribution in [1.82, 2.24) is 5.43 Å². The molecule has 4 aromatic rings. The molecule has 4 aromatic carbocycles. The van der Waals surface area contributed by atoms with Crippen LogP contribution >= 0.6 is 50.7 Å². The number of para-hydroxylation sites is 1. The third kappa shape index (κ3) is 7.67. The SMILES string of the molecule is COc1cc(/C=N/NC(=O)c2ccccc2OCc2ccc(Cl)cc2Cl)cc(Br)c1OCc1ccccc1Cl. The van der Waals surface area contributed by atoms with Crippen LogP contribution in [0, 0.1) is 0 Å². The molecule has 0 saturated heterocycles. The number of halogens is 4. The predicted molar refractivity (Wildman–Crippen MR) is 159 cm³/mol. The molecule has 0 fully saturated rings. The van der Waals surface area contributed by atoms with Gasteiger partial charge >= 0.3 is 0 Å². The summed E-state index contributed by atoms with van der Waals surface area (Å²) >= 11 is 21.9. The first kappa shape index (κ1) is 28.8. The summed E-state index contributed by atoms with van der Waals surface area (Å²) in [5, 5.41) is 5.74. The quantitative estimate of drug-likeness (QED) is 0.139. The Labute approximate surface area is 249 Å². The van der Waals surface area contributed by atoms with Crippen LogP contribution in [0.2, 0.25) is 15.1 Å². The number of hydrogen-bond acceptors (Lipinski definition) is 5. The molecule has 0 bridgehead atoms. The zero-order valence-electron chi connectivity index (χ0n) is 20.6. The molecule has 1 amide bonds. The van der Waals surface area contributed by atoms with E-state index in [0.717, 1.165) is 11.1 Å². The highest BCUT2D eigenvalue weighted by molar-refractivity contribution is 9.10. The van der Waals surface area contributed by atoms with E-state index in [9.17, 15) is 4.79 Å². The molecule has 0 atom stereocenters. The van der Waals surface area contributed by atoms with Crippen molar-refractivity contribution in [2.75, 3.05) is 7.11 Å². The van der Waals surface area contributed by atoms with Crippen molar-refractivity contribution in [1.29, 1.82) is 0 Å². The minimum Gasteiger partial charge on any atom is -0.493 e. The fourth-order valence-corrected chi connectivity index (χ4v) is 4.75. The van der Waals surface area contributed by atoms with Crippen molar-refractivity contribution < 1.29 is 19.0 Å². The normalized spacial score (nSPS) is 10.9. The number of hydrazone groups is 1. The molecule has 0 saturated carbocycles. The number of rotatable bonds is 10. The summed E-state index contributed by atoms with van der Waals surface area (Å²) in [6, 6.07) is 23.0. The molecular weight excluding hydrogens is 627 g/mol. The average molecular weight is 649 g/mol. The minimum absolute atomic E-state index is 0.169. The van der Waals surface area contributed by atoms with E-state index in [1.165, 1.54) is 6.21 Å². The second-order valence-electron chi connectivity index (χ2n) is 8.13. The molecule has 0 aliphatic carbocycles. The first-order chi connectivity index (χ1) is 18.9. The smallest absolute Gasteiger partial charge is 0.275 e. The van der Waals surface area contributed by atoms with Crippen molar-refractivity contribution in [2.45, 2.75) is 13.2 Å². The molecule has 6 nitrogen and oxygen atoms in total. The van der Waals surface area contributed by atoms with E-state index in [2.05, 4.69) is 26.5 Å². The van der Waals surface area contributed by atoms with Crippen molar-refractivity contribution in [3.8, 4) is 17.2 Å². The summed E-state index contributed by atoms with van der Waals surface area (Å²) in [5.41, 5.74) is 5.12. The Balaban J connectivity index is 1.42. The van der Waals surface area contributed by atoms with Crippen LogP contribution in [-0.2, 0) is 13.2 Å². The number of ether oxygens (including phenoxy) is 3. The lowest BCUT2D eigenvalue weighted by Gasteiger charge is -2.14. The van der Waals surface area contributed by atoms with E-state index in [1.807, 2.05) is 18.2 Å². The number of nitrogens with zero attached hydrogens (tertiary/aromatic N) is 1. The maximum absolute atomic E-state index is 12.9. The third-order valence-corrected chi connectivity index (χ3v) is 7.04. The fourth-order valence-electron chi connectivity index (χ4n) is 3.52. The molecule has 1 N–H and O–H groups in total. The number of nitrogens with one attached hydrogen (secondary N) is 1. The van der Waals surface area contributed by atoms with E-state index in [1.54, 1.807) is 67.8 Å². The molecular formula is C29H22BrCl3N2O4. The number of methoxy groups -OCH3 is 1. The van der Waals surface area contributed by atoms with Gasteiger partial charge in [0.05, 0.1) is 23.4 Å². The van der Waals surface area contributed by atoms with Crippen molar-refractivity contribution in [3.05, 3.63) is 121 Å². The molecule has 0 unspecified atom stereocenters. The first-order valence-corrected chi connectivity index (χ1v) is 13.5. The second kappa shape index (κ2) is 13.7. The largest absolute Gasteiger partial charge is 0.493 e. The van der Waals surface area contributed by atoms with Gasteiger partial charge in [-0.3, -0.25) is 4.79 Å². The maximum Gasteiger partial charge on any atom is 0.275 e. The molecule has 0 aliphatic heterocycles. The minimum atomic E-state index is -0.435. The first-order valence-electron chi connectivity index (χ1n) is 11.6. The van der Waals surface area contributed by atoms with Crippen LogP contribution in [0.15, 0.2) is 88.4 Å². The molecule has 39 heavy (non-hydrogen) atoms. The van der Waals surface area contributed by atoms with Gasteiger partial charge in [0, 0.05) is 26.2 Å². The summed E-state index contributed by atoms with van der Waals surface area (Å²) in [7, 11) is 1.54. The Morgan fingerprint density at radius 2 is 1.59 bits per heavy atom. The maximum atomic E-state index is 12.9. The highest BCUT2D eigenvalue weighted by Crippen LogP contribution is 2.37. The Morgan fingerprint density at radius 3 is 2.36 bits per heavy atom. The lowest BCUT2D eigenvalue weighted by molar-refractivity contribution is 0.0950. The molecule has 10 heteroatoms. The number of carbonyl (C=O) groups is 1. The molecule has 0 spiro atoms. The predicted octanol–water partition coefficient (Wildman–Crippen LogP) is 8.34. The van der Waals surface area contributed by atoms with Crippen LogP contribution < -0.4 is 19.6 Å². The highest BCUT2D eigenvalue weighted by atomic mass is 79.9. The zero-order chi connectivity index (χ0) is 27.8. The van der Waals surface area contributed by atoms with Crippen molar-refractivity contribution in [3.63, 3.8) is 0 Å². The van der Waals surface area contributed by atoms with Gasteiger partial charge in [-0.05, 0) is 64.0 Å². The van der Waals surface area contributed by atoms with Gasteiger partial charge < -0.3 is 14.2 Å². The summed E-state index contributed by atoms with van der Waals surface area (Å²) in [4.78, 5) is 12.9. The summed E-state index contributed by atoms with van der Waals surface area (Å²) in [5.74, 6) is 0.963. The van der Waals surface area contributed by atoms with E-state index in [4.69, 9.17) is 49.0 Å². The second-order valence-corrected chi connectivity index (χ2v) is 10.2. The van der Waals surface area contributed by atoms with Crippen LogP contribution in [0.1, 0.15) is 27.0 Å². The van der Waals surface area contributed by atoms with Gasteiger partial charge in [-0.2, -0.15) is 5.10 Å². The van der Waals surface area contributed by atoms with Crippen molar-refractivity contribution in [2.24, 2.45) is 5.10 Å². The summed E-state index contributed by atoms with van der Waals surface area (Å²) in [6.45, 7) is 0.437. The van der Waals surface area contributed by atoms with Gasteiger partial charge in [-0.25, -0.2) is 5.43 Å². The Kier molecular flexibility index (Phi) is 10.1. The molecule has 0 radical (unpaired) electrons. The van der Waals surface area contributed by atoms with Crippen LogP contribution in [0.25, 0.3) is 0 Å². The Morgan fingerprint density at radius 1 is 0.872 bits per heavy atom. The molecule has 0 heterocycles. The zero-order valence-corrected chi connectivity index (χ0v) is 24.4. The third-order valence-electron chi connectivity index (χ3n) is 5.49. The van der Waals surface area contributed by atoms with E-state index >= 15 is 0 Å². The van der Waals surface area contributed by atoms with Gasteiger partial charge in [0.15, 0.2) is 11.5 Å². The van der Waals surface area contributed by atoms with Crippen LogP contribution in [0.3, 0.4) is 0 Å². The summed E-state index contributed by atoms with van der Waals surface area (Å²) in [6.07, 6.45) is 1.50. The van der Waals surface area contributed by atoms with Gasteiger partial charge in [0.25, 0.3) is 5.91 Å². The topological polar surface area (TPSA) is 69.2 Å². The number of carbonyl (C=O) groups excluding carboxylic acids is 1. The average Bonchev–Trinajstić information content (AvgIpc) is 2.92. The van der Waals surface area contributed by atoms with Crippen molar-refractivity contribution >= 4 is 62.9 Å². The van der Waals surface area contributed by atoms with Crippen LogP contribution in [0.5, 0.6) is 17.2 Å². The van der Waals surface area contributed by atoms with Gasteiger partial charge in [0.2, 0.25) is 0 Å². The lowest BCUT2D eigenvalue weighted by atomic mass is 10.2. The molecule has 0 aliphatic rings.